The molecule has 4 nitrogen and oxygen atoms in total. The van der Waals surface area contributed by atoms with Gasteiger partial charge < -0.3 is 0 Å². The van der Waals surface area contributed by atoms with E-state index >= 15 is 0 Å². The van der Waals surface area contributed by atoms with Crippen LogP contribution in [0.3, 0.4) is 0 Å². The highest BCUT2D eigenvalue weighted by Crippen LogP contribution is 2.33. The van der Waals surface area contributed by atoms with Crippen LogP contribution in [0.25, 0.3) is 10.2 Å². The lowest BCUT2D eigenvalue weighted by molar-refractivity contribution is 0.639. The maximum Gasteiger partial charge on any atom is 0.158 e. The number of hydrogen-bond acceptors (Lipinski definition) is 5. The third-order valence-electron chi connectivity index (χ3n) is 4.56. The number of thiophene rings is 1. The van der Waals surface area contributed by atoms with Gasteiger partial charge in [-0.05, 0) is 57.6 Å². The summed E-state index contributed by atoms with van der Waals surface area (Å²) in [7, 11) is 0. The number of allylic oxidation sites excluding steroid dienone is 3. The molecule has 5 heteroatoms. The topological polar surface area (TPSA) is 50.2 Å². The lowest BCUT2D eigenvalue weighted by Gasteiger charge is -2.22. The summed E-state index contributed by atoms with van der Waals surface area (Å²) in [4.78, 5) is 11.0. The van der Waals surface area contributed by atoms with Crippen LogP contribution >= 0.6 is 11.3 Å². The van der Waals surface area contributed by atoms with Crippen LogP contribution < -0.4 is 5.43 Å². The van der Waals surface area contributed by atoms with Gasteiger partial charge in [-0.1, -0.05) is 18.2 Å². The smallest absolute Gasteiger partial charge is 0.158 e. The van der Waals surface area contributed by atoms with Gasteiger partial charge in [0.2, 0.25) is 0 Å². The first-order chi connectivity index (χ1) is 11.0. The number of rotatable bonds is 3. The fourth-order valence-corrected chi connectivity index (χ4v) is 3.81. The van der Waals surface area contributed by atoms with Gasteiger partial charge >= 0.3 is 0 Å². The molecule has 2 aromatic heterocycles. The summed E-state index contributed by atoms with van der Waals surface area (Å²) in [5.41, 5.74) is 7.94. The summed E-state index contributed by atoms with van der Waals surface area (Å²) in [6.07, 6.45) is 5.83. The lowest BCUT2D eigenvalue weighted by atomic mass is 9.85. The van der Waals surface area contributed by atoms with Crippen LogP contribution in [-0.2, 0) is 0 Å². The molecule has 0 unspecified atom stereocenters. The van der Waals surface area contributed by atoms with Gasteiger partial charge in [-0.25, -0.2) is 9.97 Å². The number of nitrogens with one attached hydrogen (secondary N) is 1. The van der Waals surface area contributed by atoms with E-state index in [4.69, 9.17) is 0 Å². The van der Waals surface area contributed by atoms with E-state index in [0.29, 0.717) is 5.92 Å². The van der Waals surface area contributed by atoms with Crippen LogP contribution in [0.5, 0.6) is 0 Å². The summed E-state index contributed by atoms with van der Waals surface area (Å²) >= 11 is 1.70. The number of aryl methyl sites for hydroxylation is 2. The van der Waals surface area contributed by atoms with E-state index in [1.807, 2.05) is 0 Å². The minimum absolute atomic E-state index is 0.481. The van der Waals surface area contributed by atoms with Crippen molar-refractivity contribution in [2.75, 3.05) is 5.43 Å². The van der Waals surface area contributed by atoms with Gasteiger partial charge in [0.1, 0.15) is 11.2 Å². The number of aromatic nitrogens is 2. The lowest BCUT2D eigenvalue weighted by Crippen LogP contribution is -2.16. The maximum atomic E-state index is 4.64. The quantitative estimate of drug-likeness (QED) is 0.637. The second-order valence-corrected chi connectivity index (χ2v) is 7.43. The average Bonchev–Trinajstić information content (AvgIpc) is 2.81. The van der Waals surface area contributed by atoms with Crippen molar-refractivity contribution in [3.8, 4) is 0 Å². The Morgan fingerprint density at radius 2 is 2.13 bits per heavy atom. The molecular formula is C18H22N4S. The van der Waals surface area contributed by atoms with Gasteiger partial charge in [-0.15, -0.1) is 11.3 Å². The molecule has 1 aliphatic rings. The second kappa shape index (κ2) is 6.24. The van der Waals surface area contributed by atoms with E-state index in [1.165, 1.54) is 21.6 Å². The van der Waals surface area contributed by atoms with Crippen molar-refractivity contribution in [3.63, 3.8) is 0 Å². The van der Waals surface area contributed by atoms with Gasteiger partial charge in [-0.3, -0.25) is 5.43 Å². The molecular weight excluding hydrogens is 304 g/mol. The zero-order valence-electron chi connectivity index (χ0n) is 14.1. The molecule has 1 aliphatic carbocycles. The zero-order chi connectivity index (χ0) is 16.6. The molecule has 3 rings (SSSR count). The first-order valence-corrected chi connectivity index (χ1v) is 8.64. The predicted molar refractivity (Wildman–Crippen MR) is 99.2 cm³/mol. The Hall–Kier alpha value is -2.01. The van der Waals surface area contributed by atoms with Crippen LogP contribution in [0, 0.1) is 19.8 Å². The molecule has 0 spiro atoms. The first kappa shape index (κ1) is 15.9. The molecule has 0 aromatic carbocycles. The molecule has 0 saturated carbocycles. The standard InChI is InChI=1S/C18H22N4S/c1-10(2)14-7-6-11(3)15(8-14)21-22-17-16-12(4)13(5)23-18(16)20-9-19-17/h6,9,14H,1,7-8H2,2-5H3,(H,19,20,22)/b21-15-/t14-/m1/s1. The van der Waals surface area contributed by atoms with Gasteiger partial charge in [0.05, 0.1) is 11.1 Å². The average molecular weight is 326 g/mol. The molecule has 0 saturated heterocycles. The predicted octanol–water partition coefficient (Wildman–Crippen LogP) is 5.01. The maximum absolute atomic E-state index is 4.64. The third-order valence-corrected chi connectivity index (χ3v) is 5.68. The van der Waals surface area contributed by atoms with Crippen molar-refractivity contribution < 1.29 is 0 Å². The van der Waals surface area contributed by atoms with E-state index in [-0.39, 0.29) is 0 Å². The van der Waals surface area contributed by atoms with Crippen LogP contribution in [0.2, 0.25) is 0 Å². The molecule has 1 N–H and O–H groups in total. The van der Waals surface area contributed by atoms with Crippen LogP contribution in [0.15, 0.2) is 35.2 Å². The summed E-state index contributed by atoms with van der Waals surface area (Å²) in [6.45, 7) is 12.5. The Balaban J connectivity index is 1.92. The molecule has 120 valence electrons. The highest BCUT2D eigenvalue weighted by atomic mass is 32.1. The summed E-state index contributed by atoms with van der Waals surface area (Å²) < 4.78 is 0. The molecule has 1 atom stereocenters. The number of hydrazone groups is 1. The molecule has 0 aliphatic heterocycles. The van der Waals surface area contributed by atoms with Crippen LogP contribution in [0.4, 0.5) is 5.82 Å². The van der Waals surface area contributed by atoms with E-state index in [1.54, 1.807) is 17.7 Å². The van der Waals surface area contributed by atoms with Crippen molar-refractivity contribution >= 4 is 33.1 Å². The Labute approximate surface area is 141 Å². The molecule has 23 heavy (non-hydrogen) atoms. The van der Waals surface area contributed by atoms with Crippen LogP contribution in [-0.4, -0.2) is 15.7 Å². The summed E-state index contributed by atoms with van der Waals surface area (Å²) in [5, 5.41) is 5.72. The van der Waals surface area contributed by atoms with E-state index in [0.717, 1.165) is 34.6 Å². The highest BCUT2D eigenvalue weighted by Gasteiger charge is 2.19. The largest absolute Gasteiger partial charge is 0.260 e. The van der Waals surface area contributed by atoms with Crippen molar-refractivity contribution in [1.82, 2.24) is 9.97 Å². The monoisotopic (exact) mass is 326 g/mol. The second-order valence-electron chi connectivity index (χ2n) is 6.23. The molecule has 0 radical (unpaired) electrons. The van der Waals surface area contributed by atoms with E-state index in [9.17, 15) is 0 Å². The number of anilines is 1. The SMILES string of the molecule is C=C(C)[C@@H]1CC=C(C)/C(=N\Nc2ncnc3sc(C)c(C)c23)C1. The summed E-state index contributed by atoms with van der Waals surface area (Å²) in [6, 6.07) is 0. The van der Waals surface area contributed by atoms with E-state index < -0.39 is 0 Å². The fraction of sp³-hybridized carbons (Fsp3) is 0.389. The zero-order valence-corrected chi connectivity index (χ0v) is 14.9. The number of fused-ring (bicyclic) bond motifs is 1. The highest BCUT2D eigenvalue weighted by molar-refractivity contribution is 7.18. The van der Waals surface area contributed by atoms with Gasteiger partial charge in [0, 0.05) is 4.88 Å². The molecule has 2 heterocycles. The Bertz CT molecular complexity index is 829. The molecule has 2 aromatic rings. The molecule has 0 fully saturated rings. The van der Waals surface area contributed by atoms with E-state index in [2.05, 4.69) is 60.8 Å². The first-order valence-electron chi connectivity index (χ1n) is 7.83. The minimum Gasteiger partial charge on any atom is -0.260 e. The molecule has 0 amide bonds. The van der Waals surface area contributed by atoms with Crippen molar-refractivity contribution in [1.29, 1.82) is 0 Å². The van der Waals surface area contributed by atoms with Crippen LogP contribution in [0.1, 0.15) is 37.1 Å². The number of nitrogens with zero attached hydrogens (tertiary/aromatic N) is 3. The van der Waals surface area contributed by atoms with Gasteiger partial charge in [0.25, 0.3) is 0 Å². The number of hydrogen-bond donors (Lipinski definition) is 1. The Kier molecular flexibility index (Phi) is 4.31. The van der Waals surface area contributed by atoms with Crippen molar-refractivity contribution in [2.45, 2.75) is 40.5 Å². The minimum atomic E-state index is 0.481. The summed E-state index contributed by atoms with van der Waals surface area (Å²) in [5.74, 6) is 1.27. The molecule has 0 bridgehead atoms. The van der Waals surface area contributed by atoms with Gasteiger partial charge in [-0.2, -0.15) is 5.10 Å². The van der Waals surface area contributed by atoms with Crippen molar-refractivity contribution in [2.24, 2.45) is 11.0 Å². The third kappa shape index (κ3) is 3.06. The fourth-order valence-electron chi connectivity index (χ4n) is 2.81. The van der Waals surface area contributed by atoms with Crippen molar-refractivity contribution in [3.05, 3.63) is 40.6 Å². The Morgan fingerprint density at radius 1 is 1.35 bits per heavy atom. The Morgan fingerprint density at radius 3 is 2.87 bits per heavy atom. The normalized spacial score (nSPS) is 19.9. The van der Waals surface area contributed by atoms with Gasteiger partial charge in [0.15, 0.2) is 5.82 Å².